The van der Waals surface area contributed by atoms with Gasteiger partial charge in [-0.05, 0) is 78.1 Å². The zero-order valence-corrected chi connectivity index (χ0v) is 21.3. The largest absolute Gasteiger partial charge is 0.489 e. The van der Waals surface area contributed by atoms with Gasteiger partial charge in [-0.2, -0.15) is 0 Å². The molecule has 0 saturated carbocycles. The number of alkyl carbamates (subject to hydrolysis) is 1. The number of amides is 1. The van der Waals surface area contributed by atoms with E-state index in [0.717, 1.165) is 16.9 Å². The summed E-state index contributed by atoms with van der Waals surface area (Å²) in [7, 11) is 0. The van der Waals surface area contributed by atoms with Crippen molar-refractivity contribution in [3.8, 4) is 5.75 Å². The maximum absolute atomic E-state index is 12.4. The van der Waals surface area contributed by atoms with Crippen molar-refractivity contribution in [2.45, 2.75) is 78.7 Å². The molecular weight excluding hydrogens is 430 g/mol. The normalized spacial score (nSPS) is 13.1. The molecule has 0 bridgehead atoms. The van der Waals surface area contributed by atoms with Crippen LogP contribution >= 0.6 is 0 Å². The minimum absolute atomic E-state index is 0.416. The minimum atomic E-state index is -0.629. The number of ether oxygens (including phenoxy) is 3. The van der Waals surface area contributed by atoms with Crippen LogP contribution in [0.25, 0.3) is 0 Å². The molecule has 0 aliphatic rings. The Kier molecular flexibility index (Phi) is 9.30. The highest BCUT2D eigenvalue weighted by Gasteiger charge is 2.22. The van der Waals surface area contributed by atoms with Crippen LogP contribution in [0.1, 0.15) is 59.6 Å². The van der Waals surface area contributed by atoms with Crippen LogP contribution in [0, 0.1) is 0 Å². The molecular formula is C28H37NO5. The van der Waals surface area contributed by atoms with Gasteiger partial charge in [-0.1, -0.05) is 48.5 Å². The van der Waals surface area contributed by atoms with Crippen molar-refractivity contribution in [3.05, 3.63) is 77.4 Å². The van der Waals surface area contributed by atoms with E-state index in [9.17, 15) is 9.59 Å². The first-order valence-electron chi connectivity index (χ1n) is 11.5. The number of carbonyl (C=O) groups is 2. The fourth-order valence-electron chi connectivity index (χ4n) is 3.06. The lowest BCUT2D eigenvalue weighted by molar-refractivity contribution is -0.149. The first-order valence-corrected chi connectivity index (χ1v) is 11.5. The van der Waals surface area contributed by atoms with Crippen LogP contribution in [0.4, 0.5) is 4.79 Å². The summed E-state index contributed by atoms with van der Waals surface area (Å²) >= 11 is 0. The molecule has 2 aromatic carbocycles. The van der Waals surface area contributed by atoms with Crippen LogP contribution in [0.15, 0.2) is 66.2 Å². The van der Waals surface area contributed by atoms with E-state index in [4.69, 9.17) is 14.2 Å². The van der Waals surface area contributed by atoms with E-state index in [1.165, 1.54) is 0 Å². The molecule has 2 aromatic rings. The summed E-state index contributed by atoms with van der Waals surface area (Å²) in [5.74, 6) is 0.331. The predicted molar refractivity (Wildman–Crippen MR) is 134 cm³/mol. The third-order valence-electron chi connectivity index (χ3n) is 4.50. The Morgan fingerprint density at radius 1 is 0.853 bits per heavy atom. The summed E-state index contributed by atoms with van der Waals surface area (Å²) in [6.07, 6.45) is 1.63. The smallest absolute Gasteiger partial charge is 0.408 e. The Balaban J connectivity index is 2.11. The van der Waals surface area contributed by atoms with Crippen LogP contribution in [0.2, 0.25) is 0 Å². The second kappa shape index (κ2) is 11.7. The molecule has 0 aromatic heterocycles. The van der Waals surface area contributed by atoms with Crippen LogP contribution in [-0.4, -0.2) is 29.3 Å². The monoisotopic (exact) mass is 467 g/mol. The lowest BCUT2D eigenvalue weighted by atomic mass is 10.0. The standard InChI is InChI=1S/C28H37NO5/c1-20(25(30)33-27(2,3)4)17-23(29-26(31)34-28(5,6)7)18-21-13-15-24(16-14-21)32-19-22-11-9-8-10-12-22/h8-17,23H,18-19H2,1-7H3,(H,29,31). The van der Waals surface area contributed by atoms with Crippen LogP contribution < -0.4 is 10.1 Å². The van der Waals surface area contributed by atoms with E-state index in [-0.39, 0.29) is 0 Å². The molecule has 1 atom stereocenters. The average molecular weight is 468 g/mol. The topological polar surface area (TPSA) is 73.9 Å². The second-order valence-electron chi connectivity index (χ2n) is 10.2. The number of benzene rings is 2. The summed E-state index contributed by atoms with van der Waals surface area (Å²) < 4.78 is 16.7. The highest BCUT2D eigenvalue weighted by atomic mass is 16.6. The molecule has 0 spiro atoms. The molecule has 1 unspecified atom stereocenters. The Morgan fingerprint density at radius 3 is 2.00 bits per heavy atom. The van der Waals surface area contributed by atoms with Crippen molar-refractivity contribution >= 4 is 12.1 Å². The molecule has 0 saturated heterocycles. The van der Waals surface area contributed by atoms with Gasteiger partial charge in [-0.15, -0.1) is 0 Å². The highest BCUT2D eigenvalue weighted by molar-refractivity contribution is 5.88. The number of esters is 1. The Morgan fingerprint density at radius 2 is 1.44 bits per heavy atom. The minimum Gasteiger partial charge on any atom is -0.489 e. The number of carbonyl (C=O) groups excluding carboxylic acids is 2. The lowest BCUT2D eigenvalue weighted by Gasteiger charge is -2.23. The van der Waals surface area contributed by atoms with Gasteiger partial charge in [-0.3, -0.25) is 0 Å². The zero-order chi connectivity index (χ0) is 25.4. The molecule has 0 aliphatic carbocycles. The zero-order valence-electron chi connectivity index (χ0n) is 21.3. The van der Waals surface area contributed by atoms with Crippen LogP contribution in [0.5, 0.6) is 5.75 Å². The Hall–Kier alpha value is -3.28. The highest BCUT2D eigenvalue weighted by Crippen LogP contribution is 2.17. The molecule has 2 rings (SSSR count). The van der Waals surface area contributed by atoms with Crippen molar-refractivity contribution in [2.24, 2.45) is 0 Å². The van der Waals surface area contributed by atoms with E-state index in [1.807, 2.05) is 75.4 Å². The molecule has 0 fully saturated rings. The van der Waals surface area contributed by atoms with Crippen molar-refractivity contribution in [1.82, 2.24) is 5.32 Å². The Bertz CT molecular complexity index is 967. The predicted octanol–water partition coefficient (Wildman–Crippen LogP) is 5.99. The van der Waals surface area contributed by atoms with Crippen molar-refractivity contribution in [3.63, 3.8) is 0 Å². The van der Waals surface area contributed by atoms with Crippen LogP contribution in [-0.2, 0) is 27.3 Å². The molecule has 1 amide bonds. The van der Waals surface area contributed by atoms with Gasteiger partial charge in [0.25, 0.3) is 0 Å². The first kappa shape index (κ1) is 27.0. The van der Waals surface area contributed by atoms with E-state index < -0.39 is 29.3 Å². The number of hydrogen-bond acceptors (Lipinski definition) is 5. The van der Waals surface area contributed by atoms with Gasteiger partial charge in [0, 0.05) is 5.57 Å². The fourth-order valence-corrected chi connectivity index (χ4v) is 3.06. The summed E-state index contributed by atoms with van der Waals surface area (Å²) in [6.45, 7) is 13.0. The SMILES string of the molecule is CC(=CC(Cc1ccc(OCc2ccccc2)cc1)NC(=O)OC(C)(C)C)C(=O)OC(C)(C)C. The van der Waals surface area contributed by atoms with E-state index in [1.54, 1.807) is 33.8 Å². The summed E-state index contributed by atoms with van der Waals surface area (Å²) in [6, 6.07) is 17.2. The number of rotatable bonds is 8. The van der Waals surface area contributed by atoms with E-state index in [0.29, 0.717) is 18.6 Å². The molecule has 34 heavy (non-hydrogen) atoms. The first-order chi connectivity index (χ1) is 15.8. The third-order valence-corrected chi connectivity index (χ3v) is 4.50. The summed E-state index contributed by atoms with van der Waals surface area (Å²) in [5, 5.41) is 2.86. The number of hydrogen-bond donors (Lipinski definition) is 1. The van der Waals surface area contributed by atoms with Crippen molar-refractivity contribution in [2.75, 3.05) is 0 Å². The van der Waals surface area contributed by atoms with Gasteiger partial charge in [0.15, 0.2) is 0 Å². The van der Waals surface area contributed by atoms with Gasteiger partial charge in [0.05, 0.1) is 6.04 Å². The molecule has 6 heteroatoms. The third kappa shape index (κ3) is 10.6. The van der Waals surface area contributed by atoms with Crippen molar-refractivity contribution in [1.29, 1.82) is 0 Å². The van der Waals surface area contributed by atoms with Gasteiger partial charge >= 0.3 is 12.1 Å². The van der Waals surface area contributed by atoms with Gasteiger partial charge in [0.1, 0.15) is 23.6 Å². The molecule has 0 heterocycles. The maximum atomic E-state index is 12.4. The quantitative estimate of drug-likeness (QED) is 0.381. The average Bonchev–Trinajstić information content (AvgIpc) is 2.71. The van der Waals surface area contributed by atoms with Gasteiger partial charge in [0.2, 0.25) is 0 Å². The second-order valence-corrected chi connectivity index (χ2v) is 10.2. The molecule has 0 radical (unpaired) electrons. The van der Waals surface area contributed by atoms with Gasteiger partial charge < -0.3 is 19.5 Å². The van der Waals surface area contributed by atoms with Gasteiger partial charge in [-0.25, -0.2) is 9.59 Å². The molecule has 1 N–H and O–H groups in total. The maximum Gasteiger partial charge on any atom is 0.408 e. The molecule has 184 valence electrons. The molecule has 6 nitrogen and oxygen atoms in total. The number of nitrogens with one attached hydrogen (secondary N) is 1. The summed E-state index contributed by atoms with van der Waals surface area (Å²) in [4.78, 5) is 24.9. The molecule has 0 aliphatic heterocycles. The Labute approximate surface area is 203 Å². The van der Waals surface area contributed by atoms with Crippen LogP contribution in [0.3, 0.4) is 0 Å². The fraction of sp³-hybridized carbons (Fsp3) is 0.429. The van der Waals surface area contributed by atoms with Crippen molar-refractivity contribution < 1.29 is 23.8 Å². The summed E-state index contributed by atoms with van der Waals surface area (Å²) in [5.41, 5.74) is 1.25. The lowest BCUT2D eigenvalue weighted by Crippen LogP contribution is -2.39. The van der Waals surface area contributed by atoms with E-state index >= 15 is 0 Å². The van der Waals surface area contributed by atoms with E-state index in [2.05, 4.69) is 5.32 Å².